The highest BCUT2D eigenvalue weighted by Crippen LogP contribution is 2.26. The number of amides is 1. The molecule has 1 amide bonds. The molecule has 0 radical (unpaired) electrons. The number of benzene rings is 1. The van der Waals surface area contributed by atoms with Crippen molar-refractivity contribution in [2.45, 2.75) is 38.3 Å². The molecule has 0 aromatic heterocycles. The fourth-order valence-electron chi connectivity index (χ4n) is 2.47. The number of rotatable bonds is 7. The van der Waals surface area contributed by atoms with Gasteiger partial charge < -0.3 is 10.8 Å². The van der Waals surface area contributed by atoms with Gasteiger partial charge in [0.2, 0.25) is 5.91 Å². The smallest absolute Gasteiger partial charge is 0.248 e. The Morgan fingerprint density at radius 1 is 1.42 bits per heavy atom. The molecular weight excluding hydrogens is 240 g/mol. The monoisotopic (exact) mass is 262 g/mol. The fraction of sp³-hybridized carbons (Fsp3) is 0.533. The third-order valence-electron chi connectivity index (χ3n) is 3.79. The summed E-state index contributed by atoms with van der Waals surface area (Å²) < 4.78 is 0. The number of carbonyl (C=O) groups excluding carboxylic acids is 1. The van der Waals surface area contributed by atoms with E-state index in [1.165, 1.54) is 19.3 Å². The van der Waals surface area contributed by atoms with Gasteiger partial charge in [0.25, 0.3) is 0 Å². The molecule has 4 nitrogen and oxygen atoms in total. The van der Waals surface area contributed by atoms with Crippen LogP contribution in [0.15, 0.2) is 24.3 Å². The molecule has 19 heavy (non-hydrogen) atoms. The Morgan fingerprint density at radius 2 is 2.21 bits per heavy atom. The topological polar surface area (TPSA) is 66.6 Å². The minimum atomic E-state index is -0.382. The summed E-state index contributed by atoms with van der Waals surface area (Å²) in [6, 6.07) is 8.14. The number of carbonyl (C=O) groups is 1. The number of hydrogen-bond donors (Lipinski definition) is 2. The van der Waals surface area contributed by atoms with Crippen LogP contribution >= 0.6 is 0 Å². The van der Waals surface area contributed by atoms with Crippen LogP contribution in [0.5, 0.6) is 0 Å². The van der Waals surface area contributed by atoms with Gasteiger partial charge in [-0.1, -0.05) is 18.6 Å². The highest BCUT2D eigenvalue weighted by atomic mass is 16.3. The average molecular weight is 262 g/mol. The largest absolute Gasteiger partial charge is 0.396 e. The van der Waals surface area contributed by atoms with E-state index in [-0.39, 0.29) is 12.5 Å². The Morgan fingerprint density at radius 3 is 2.79 bits per heavy atom. The summed E-state index contributed by atoms with van der Waals surface area (Å²) in [5.74, 6) is -0.382. The lowest BCUT2D eigenvalue weighted by atomic mass is 9.91. The van der Waals surface area contributed by atoms with Crippen molar-refractivity contribution in [3.05, 3.63) is 35.4 Å². The maximum absolute atomic E-state index is 11.2. The Bertz CT molecular complexity index is 430. The van der Waals surface area contributed by atoms with Gasteiger partial charge >= 0.3 is 0 Å². The minimum Gasteiger partial charge on any atom is -0.396 e. The number of hydrogen-bond acceptors (Lipinski definition) is 3. The number of aliphatic hydroxyl groups is 1. The summed E-state index contributed by atoms with van der Waals surface area (Å²) in [7, 11) is 0. The van der Waals surface area contributed by atoms with Crippen molar-refractivity contribution in [2.75, 3.05) is 13.2 Å². The molecule has 1 saturated carbocycles. The molecule has 0 heterocycles. The van der Waals surface area contributed by atoms with E-state index in [2.05, 4.69) is 4.90 Å². The average Bonchev–Trinajstić information content (AvgIpc) is 2.34. The van der Waals surface area contributed by atoms with Gasteiger partial charge in [0.05, 0.1) is 0 Å². The summed E-state index contributed by atoms with van der Waals surface area (Å²) in [4.78, 5) is 13.6. The molecule has 0 aliphatic heterocycles. The molecular formula is C15H22N2O2. The van der Waals surface area contributed by atoms with E-state index in [9.17, 15) is 4.79 Å². The third kappa shape index (κ3) is 3.78. The van der Waals surface area contributed by atoms with Crippen LogP contribution in [0.2, 0.25) is 0 Å². The van der Waals surface area contributed by atoms with Crippen molar-refractivity contribution in [1.82, 2.24) is 4.90 Å². The van der Waals surface area contributed by atoms with Gasteiger partial charge in [0.15, 0.2) is 0 Å². The summed E-state index contributed by atoms with van der Waals surface area (Å²) in [6.45, 7) is 1.96. The SMILES string of the molecule is NC(=O)c1cccc(CN(CCCO)C2CCC2)c1. The van der Waals surface area contributed by atoms with Crippen molar-refractivity contribution in [1.29, 1.82) is 0 Å². The minimum absolute atomic E-state index is 0.227. The van der Waals surface area contributed by atoms with E-state index >= 15 is 0 Å². The van der Waals surface area contributed by atoms with Gasteiger partial charge in [-0.2, -0.15) is 0 Å². The van der Waals surface area contributed by atoms with Gasteiger partial charge in [-0.15, -0.1) is 0 Å². The Balaban J connectivity index is 2.02. The Labute approximate surface area is 114 Å². The van der Waals surface area contributed by atoms with Crippen LogP contribution in [0.1, 0.15) is 41.6 Å². The number of primary amides is 1. The van der Waals surface area contributed by atoms with Crippen LogP contribution in [0.3, 0.4) is 0 Å². The molecule has 1 aromatic carbocycles. The van der Waals surface area contributed by atoms with E-state index in [0.29, 0.717) is 11.6 Å². The van der Waals surface area contributed by atoms with Crippen LogP contribution in [-0.4, -0.2) is 35.1 Å². The molecule has 0 bridgehead atoms. The zero-order valence-corrected chi connectivity index (χ0v) is 11.2. The first-order valence-corrected chi connectivity index (χ1v) is 6.94. The Kier molecular flexibility index (Phi) is 4.93. The number of nitrogens with two attached hydrogens (primary N) is 1. The lowest BCUT2D eigenvalue weighted by Gasteiger charge is -2.37. The Hall–Kier alpha value is -1.39. The molecule has 0 unspecified atom stereocenters. The van der Waals surface area contributed by atoms with Crippen molar-refractivity contribution < 1.29 is 9.90 Å². The molecule has 3 N–H and O–H groups in total. The maximum Gasteiger partial charge on any atom is 0.248 e. The second-order valence-electron chi connectivity index (χ2n) is 5.20. The highest BCUT2D eigenvalue weighted by Gasteiger charge is 2.24. The molecule has 0 atom stereocenters. The zero-order chi connectivity index (χ0) is 13.7. The molecule has 1 fully saturated rings. The first-order valence-electron chi connectivity index (χ1n) is 6.94. The zero-order valence-electron chi connectivity index (χ0n) is 11.2. The highest BCUT2D eigenvalue weighted by molar-refractivity contribution is 5.92. The molecule has 2 rings (SSSR count). The number of nitrogens with zero attached hydrogens (tertiary/aromatic N) is 1. The van der Waals surface area contributed by atoms with Gasteiger partial charge in [-0.25, -0.2) is 0 Å². The second kappa shape index (κ2) is 6.68. The van der Waals surface area contributed by atoms with E-state index in [1.807, 2.05) is 18.2 Å². The standard InChI is InChI=1S/C15H22N2O2/c16-15(19)13-5-1-4-12(10-13)11-17(8-3-9-18)14-6-2-7-14/h1,4-5,10,14,18H,2-3,6-9,11H2,(H2,16,19). The maximum atomic E-state index is 11.2. The summed E-state index contributed by atoms with van der Waals surface area (Å²) in [5, 5.41) is 8.98. The predicted octanol–water partition coefficient (Wildman–Crippen LogP) is 1.52. The van der Waals surface area contributed by atoms with Gasteiger partial charge in [-0.05, 0) is 37.0 Å². The molecule has 1 aliphatic rings. The van der Waals surface area contributed by atoms with Crippen LogP contribution < -0.4 is 5.73 Å². The van der Waals surface area contributed by atoms with Gasteiger partial charge in [-0.3, -0.25) is 9.69 Å². The van der Waals surface area contributed by atoms with Crippen molar-refractivity contribution in [2.24, 2.45) is 5.73 Å². The number of aliphatic hydroxyl groups excluding tert-OH is 1. The van der Waals surface area contributed by atoms with Crippen LogP contribution in [0, 0.1) is 0 Å². The molecule has 0 spiro atoms. The summed E-state index contributed by atoms with van der Waals surface area (Å²) in [5.41, 5.74) is 6.98. The first kappa shape index (κ1) is 14.0. The van der Waals surface area contributed by atoms with E-state index < -0.39 is 0 Å². The molecule has 0 saturated heterocycles. The van der Waals surface area contributed by atoms with Crippen LogP contribution in [0.25, 0.3) is 0 Å². The lowest BCUT2D eigenvalue weighted by Crippen LogP contribution is -2.40. The normalized spacial score (nSPS) is 15.5. The molecule has 1 aliphatic carbocycles. The third-order valence-corrected chi connectivity index (χ3v) is 3.79. The van der Waals surface area contributed by atoms with E-state index in [4.69, 9.17) is 10.8 Å². The van der Waals surface area contributed by atoms with Gasteiger partial charge in [0, 0.05) is 31.3 Å². The first-order chi connectivity index (χ1) is 9.20. The summed E-state index contributed by atoms with van der Waals surface area (Å²) in [6.07, 6.45) is 4.56. The molecule has 104 valence electrons. The molecule has 4 heteroatoms. The van der Waals surface area contributed by atoms with Crippen molar-refractivity contribution in [3.8, 4) is 0 Å². The van der Waals surface area contributed by atoms with Crippen molar-refractivity contribution in [3.63, 3.8) is 0 Å². The van der Waals surface area contributed by atoms with E-state index in [0.717, 1.165) is 25.1 Å². The van der Waals surface area contributed by atoms with Gasteiger partial charge in [0.1, 0.15) is 0 Å². The second-order valence-corrected chi connectivity index (χ2v) is 5.20. The van der Waals surface area contributed by atoms with E-state index in [1.54, 1.807) is 6.07 Å². The lowest BCUT2D eigenvalue weighted by molar-refractivity contribution is 0.0999. The predicted molar refractivity (Wildman–Crippen MR) is 74.7 cm³/mol. The van der Waals surface area contributed by atoms with Crippen LogP contribution in [0.4, 0.5) is 0 Å². The summed E-state index contributed by atoms with van der Waals surface area (Å²) >= 11 is 0. The quantitative estimate of drug-likeness (QED) is 0.783. The van der Waals surface area contributed by atoms with Crippen LogP contribution in [-0.2, 0) is 6.54 Å². The fourth-order valence-corrected chi connectivity index (χ4v) is 2.47. The van der Waals surface area contributed by atoms with Crippen molar-refractivity contribution >= 4 is 5.91 Å². The molecule has 1 aromatic rings.